The topological polar surface area (TPSA) is 107 Å². The fourth-order valence-corrected chi connectivity index (χ4v) is 0.689. The number of aliphatic carboxylic acids is 1. The Labute approximate surface area is 68.2 Å². The van der Waals surface area contributed by atoms with E-state index >= 15 is 0 Å². The maximum atomic E-state index is 10.3. The summed E-state index contributed by atoms with van der Waals surface area (Å²) in [6.45, 7) is 0. The summed E-state index contributed by atoms with van der Waals surface area (Å²) in [6, 6.07) is -0.964. The Bertz CT molecular complexity index is 283. The van der Waals surface area contributed by atoms with Crippen LogP contribution in [0, 0.1) is 0 Å². The normalized spacial score (nSPS) is 12.8. The lowest BCUT2D eigenvalue weighted by Crippen LogP contribution is -2.32. The number of nitrogens with two attached hydrogens (primary N) is 1. The Kier molecular flexibility index (Phi) is 2.34. The number of tetrazole rings is 1. The Morgan fingerprint density at radius 1 is 1.83 bits per heavy atom. The minimum Gasteiger partial charge on any atom is -0.480 e. The minimum absolute atomic E-state index is 0.100. The average molecular weight is 171 g/mol. The Morgan fingerprint density at radius 3 is 2.92 bits per heavy atom. The van der Waals surface area contributed by atoms with E-state index in [-0.39, 0.29) is 6.42 Å². The average Bonchev–Trinajstić information content (AvgIpc) is 2.35. The minimum atomic E-state index is -1.07. The van der Waals surface area contributed by atoms with Crippen LogP contribution in [0.1, 0.15) is 5.82 Å². The van der Waals surface area contributed by atoms with E-state index < -0.39 is 12.0 Å². The van der Waals surface area contributed by atoms with Gasteiger partial charge in [0.15, 0.2) is 5.82 Å². The molecule has 0 fully saturated rings. The van der Waals surface area contributed by atoms with Crippen LogP contribution in [0.4, 0.5) is 0 Å². The monoisotopic (exact) mass is 171 g/mol. The van der Waals surface area contributed by atoms with Gasteiger partial charge in [0.1, 0.15) is 6.04 Å². The zero-order valence-corrected chi connectivity index (χ0v) is 6.51. The molecule has 0 radical (unpaired) electrons. The van der Waals surface area contributed by atoms with Crippen molar-refractivity contribution in [2.75, 3.05) is 0 Å². The van der Waals surface area contributed by atoms with Gasteiger partial charge in [-0.25, -0.2) is 0 Å². The zero-order valence-electron chi connectivity index (χ0n) is 6.51. The van der Waals surface area contributed by atoms with Crippen LogP contribution in [0.3, 0.4) is 0 Å². The predicted molar refractivity (Wildman–Crippen MR) is 38.1 cm³/mol. The van der Waals surface area contributed by atoms with Gasteiger partial charge in [0.25, 0.3) is 0 Å². The largest absolute Gasteiger partial charge is 0.480 e. The van der Waals surface area contributed by atoms with Crippen LogP contribution in [0.5, 0.6) is 0 Å². The van der Waals surface area contributed by atoms with Gasteiger partial charge in [-0.3, -0.25) is 4.79 Å². The Hall–Kier alpha value is -1.50. The standard InChI is InChI=1S/C5H9N5O2/c1-10-8-4(7-9-10)2-3(6)5(11)12/h3H,2,6H2,1H3,(H,11,12). The van der Waals surface area contributed by atoms with Gasteiger partial charge >= 0.3 is 5.97 Å². The lowest BCUT2D eigenvalue weighted by molar-refractivity contribution is -0.138. The Balaban J connectivity index is 2.58. The fraction of sp³-hybridized carbons (Fsp3) is 0.600. The summed E-state index contributed by atoms with van der Waals surface area (Å²) < 4.78 is 0. The summed E-state index contributed by atoms with van der Waals surface area (Å²) >= 11 is 0. The molecule has 0 saturated heterocycles. The first-order chi connectivity index (χ1) is 5.59. The highest BCUT2D eigenvalue weighted by Gasteiger charge is 2.14. The molecule has 66 valence electrons. The van der Waals surface area contributed by atoms with Gasteiger partial charge in [0.05, 0.1) is 7.05 Å². The van der Waals surface area contributed by atoms with Gasteiger partial charge in [-0.15, -0.1) is 10.2 Å². The molecule has 1 unspecified atom stereocenters. The second kappa shape index (κ2) is 3.26. The molecule has 7 heteroatoms. The highest BCUT2D eigenvalue weighted by Crippen LogP contribution is 1.91. The van der Waals surface area contributed by atoms with E-state index in [2.05, 4.69) is 15.4 Å². The third kappa shape index (κ3) is 1.99. The first-order valence-corrected chi connectivity index (χ1v) is 3.31. The number of hydrogen-bond donors (Lipinski definition) is 2. The van der Waals surface area contributed by atoms with E-state index in [0.29, 0.717) is 5.82 Å². The van der Waals surface area contributed by atoms with Crippen molar-refractivity contribution >= 4 is 5.97 Å². The van der Waals surface area contributed by atoms with Crippen molar-refractivity contribution in [1.82, 2.24) is 20.2 Å². The molecule has 12 heavy (non-hydrogen) atoms. The number of carboxylic acids is 1. The molecule has 1 heterocycles. The van der Waals surface area contributed by atoms with Gasteiger partial charge in [0, 0.05) is 6.42 Å². The molecular weight excluding hydrogens is 162 g/mol. The molecule has 0 aliphatic carbocycles. The maximum absolute atomic E-state index is 10.3. The molecule has 0 aliphatic heterocycles. The van der Waals surface area contributed by atoms with Crippen LogP contribution in [0.25, 0.3) is 0 Å². The first kappa shape index (κ1) is 8.60. The van der Waals surface area contributed by atoms with Crippen molar-refractivity contribution < 1.29 is 9.90 Å². The molecule has 0 saturated carbocycles. The number of aryl methyl sites for hydroxylation is 1. The zero-order chi connectivity index (χ0) is 9.14. The molecular formula is C5H9N5O2. The second-order valence-corrected chi connectivity index (χ2v) is 2.34. The van der Waals surface area contributed by atoms with Crippen molar-refractivity contribution in [3.63, 3.8) is 0 Å². The number of aromatic nitrogens is 4. The van der Waals surface area contributed by atoms with Gasteiger partial charge in [0.2, 0.25) is 0 Å². The van der Waals surface area contributed by atoms with Crippen LogP contribution in [-0.2, 0) is 18.3 Å². The van der Waals surface area contributed by atoms with Crippen molar-refractivity contribution in [2.45, 2.75) is 12.5 Å². The smallest absolute Gasteiger partial charge is 0.320 e. The third-order valence-electron chi connectivity index (χ3n) is 1.27. The number of carbonyl (C=O) groups is 1. The van der Waals surface area contributed by atoms with E-state index in [0.717, 1.165) is 0 Å². The molecule has 0 amide bonds. The molecule has 1 atom stereocenters. The van der Waals surface area contributed by atoms with Crippen LogP contribution < -0.4 is 5.73 Å². The van der Waals surface area contributed by atoms with Crippen molar-refractivity contribution in [2.24, 2.45) is 12.8 Å². The predicted octanol–water partition coefficient (Wildman–Crippen LogP) is -1.84. The SMILES string of the molecule is Cn1nnc(CC(N)C(=O)O)n1. The molecule has 1 aromatic rings. The highest BCUT2D eigenvalue weighted by molar-refractivity contribution is 5.73. The lowest BCUT2D eigenvalue weighted by atomic mass is 10.2. The van der Waals surface area contributed by atoms with E-state index in [1.807, 2.05) is 0 Å². The second-order valence-electron chi connectivity index (χ2n) is 2.34. The van der Waals surface area contributed by atoms with Crippen molar-refractivity contribution in [3.8, 4) is 0 Å². The summed E-state index contributed by atoms with van der Waals surface area (Å²) in [5.74, 6) is -0.727. The summed E-state index contributed by atoms with van der Waals surface area (Å²) in [6.07, 6.45) is 0.100. The molecule has 0 spiro atoms. The summed E-state index contributed by atoms with van der Waals surface area (Å²) in [4.78, 5) is 11.6. The van der Waals surface area contributed by atoms with Crippen LogP contribution in [0.2, 0.25) is 0 Å². The molecule has 1 rings (SSSR count). The van der Waals surface area contributed by atoms with E-state index in [1.54, 1.807) is 7.05 Å². The molecule has 0 aliphatic rings. The number of rotatable bonds is 3. The van der Waals surface area contributed by atoms with E-state index in [9.17, 15) is 4.79 Å². The number of hydrogen-bond acceptors (Lipinski definition) is 5. The van der Waals surface area contributed by atoms with Crippen LogP contribution >= 0.6 is 0 Å². The summed E-state index contributed by atoms with van der Waals surface area (Å²) in [5.41, 5.74) is 5.24. The van der Waals surface area contributed by atoms with Gasteiger partial charge in [-0.1, -0.05) is 0 Å². The summed E-state index contributed by atoms with van der Waals surface area (Å²) in [7, 11) is 1.60. The van der Waals surface area contributed by atoms with Crippen molar-refractivity contribution in [1.29, 1.82) is 0 Å². The molecule has 1 aromatic heterocycles. The number of nitrogens with zero attached hydrogens (tertiary/aromatic N) is 4. The lowest BCUT2D eigenvalue weighted by Gasteiger charge is -2.00. The fourth-order valence-electron chi connectivity index (χ4n) is 0.689. The third-order valence-corrected chi connectivity index (χ3v) is 1.27. The van der Waals surface area contributed by atoms with Crippen LogP contribution in [-0.4, -0.2) is 37.3 Å². The number of carboxylic acid groups (broad SMARTS) is 1. The van der Waals surface area contributed by atoms with Gasteiger partial charge < -0.3 is 10.8 Å². The Morgan fingerprint density at radius 2 is 2.50 bits per heavy atom. The van der Waals surface area contributed by atoms with E-state index in [1.165, 1.54) is 4.80 Å². The summed E-state index contributed by atoms with van der Waals surface area (Å²) in [5, 5.41) is 19.4. The van der Waals surface area contributed by atoms with E-state index in [4.69, 9.17) is 10.8 Å². The molecule has 0 bridgehead atoms. The van der Waals surface area contributed by atoms with Gasteiger partial charge in [-0.05, 0) is 5.21 Å². The molecule has 0 aromatic carbocycles. The first-order valence-electron chi connectivity index (χ1n) is 3.31. The quantitative estimate of drug-likeness (QED) is 0.553. The van der Waals surface area contributed by atoms with Gasteiger partial charge in [-0.2, -0.15) is 4.80 Å². The molecule has 3 N–H and O–H groups in total. The van der Waals surface area contributed by atoms with Crippen molar-refractivity contribution in [3.05, 3.63) is 5.82 Å². The van der Waals surface area contributed by atoms with Crippen LogP contribution in [0.15, 0.2) is 0 Å². The maximum Gasteiger partial charge on any atom is 0.320 e. The highest BCUT2D eigenvalue weighted by atomic mass is 16.4. The molecule has 7 nitrogen and oxygen atoms in total.